The summed E-state index contributed by atoms with van der Waals surface area (Å²) < 4.78 is 4.92. The fraction of sp³-hybridized carbons (Fsp3) is 0.300. The molecular weight excluding hydrogens is 530 g/mol. The molecule has 1 aromatic heterocycles. The Bertz CT molecular complexity index is 1460. The lowest BCUT2D eigenvalue weighted by Crippen LogP contribution is -2.42. The van der Waals surface area contributed by atoms with Crippen LogP contribution in [0.5, 0.6) is 0 Å². The molecule has 1 saturated heterocycles. The predicted octanol–water partition coefficient (Wildman–Crippen LogP) is 6.13. The molecule has 2 unspecified atom stereocenters. The molecule has 2 aromatic carbocycles. The Morgan fingerprint density at radius 2 is 2.00 bits per heavy atom. The number of anilines is 3. The average Bonchev–Trinajstić information content (AvgIpc) is 3.25. The molecule has 2 N–H and O–H groups in total. The van der Waals surface area contributed by atoms with E-state index in [2.05, 4.69) is 77.5 Å². The van der Waals surface area contributed by atoms with Crippen LogP contribution in [-0.2, 0) is 9.53 Å². The molecule has 0 saturated carbocycles. The fourth-order valence-corrected chi connectivity index (χ4v) is 5.97. The lowest BCUT2D eigenvalue weighted by atomic mass is 9.86. The van der Waals surface area contributed by atoms with Gasteiger partial charge >= 0.3 is 0 Å². The maximum absolute atomic E-state index is 12.1. The van der Waals surface area contributed by atoms with Gasteiger partial charge in [-0.1, -0.05) is 29.8 Å². The molecule has 2 aliphatic rings. The van der Waals surface area contributed by atoms with E-state index in [1.165, 1.54) is 23.9 Å². The molecule has 2 atom stereocenters. The first kappa shape index (κ1) is 27.1. The number of carbonyl (C=O) groups excluding carboxylic acids is 1. The third kappa shape index (κ3) is 5.12. The lowest BCUT2D eigenvalue weighted by molar-refractivity contribution is -0.119. The molecule has 7 nitrogen and oxygen atoms in total. The summed E-state index contributed by atoms with van der Waals surface area (Å²) in [4.78, 5) is 21.1. The minimum atomic E-state index is -0.274. The van der Waals surface area contributed by atoms with Gasteiger partial charge in [0, 0.05) is 37.3 Å². The molecule has 2 aliphatic heterocycles. The number of carbonyl (C=O) groups is 1. The number of ether oxygens (including phenoxy) is 1. The number of allylic oxidation sites excluding steroid dienone is 1. The number of fused-ring (bicyclic) bond motifs is 1. The zero-order valence-corrected chi connectivity index (χ0v) is 24.2. The summed E-state index contributed by atoms with van der Waals surface area (Å²) in [5.41, 5.74) is 6.88. The number of pyridine rings is 1. The minimum Gasteiger partial charge on any atom is -0.375 e. The summed E-state index contributed by atoms with van der Waals surface area (Å²) in [6, 6.07) is 17.7. The van der Waals surface area contributed by atoms with Gasteiger partial charge in [0.05, 0.1) is 34.0 Å². The maximum atomic E-state index is 12.1. The van der Waals surface area contributed by atoms with E-state index >= 15 is 0 Å². The van der Waals surface area contributed by atoms with Crippen LogP contribution in [0, 0.1) is 0 Å². The molecule has 1 fully saturated rings. The summed E-state index contributed by atoms with van der Waals surface area (Å²) in [6.45, 7) is 6.55. The molecule has 3 heterocycles. The third-order valence-corrected chi connectivity index (χ3v) is 8.09. The Morgan fingerprint density at radius 1 is 1.21 bits per heavy atom. The number of rotatable bonds is 6. The van der Waals surface area contributed by atoms with Crippen molar-refractivity contribution in [2.75, 3.05) is 35.9 Å². The normalized spacial score (nSPS) is 19.8. The maximum Gasteiger partial charge on any atom is 0.250 e. The number of likely N-dealkylation sites (N-methyl/N-ethyl adjacent to an activating group) is 1. The van der Waals surface area contributed by atoms with Crippen molar-refractivity contribution in [3.05, 3.63) is 88.7 Å². The second-order valence-electron chi connectivity index (χ2n) is 10.5. The SMILES string of the molecule is COCC(=O)Nc1ccc(N2C(=S)NC(c3ccccn3)C2c2ccc3c(c2)C(C)=CC(C)(C)N3C)cc1Cl. The third-order valence-electron chi connectivity index (χ3n) is 7.46. The van der Waals surface area contributed by atoms with Crippen molar-refractivity contribution in [3.63, 3.8) is 0 Å². The molecule has 5 rings (SSSR count). The van der Waals surface area contributed by atoms with Crippen LogP contribution in [-0.4, -0.2) is 42.3 Å². The first-order valence-electron chi connectivity index (χ1n) is 12.8. The highest BCUT2D eigenvalue weighted by Gasteiger charge is 2.41. The van der Waals surface area contributed by atoms with Crippen LogP contribution >= 0.6 is 23.8 Å². The van der Waals surface area contributed by atoms with Crippen molar-refractivity contribution in [2.24, 2.45) is 0 Å². The van der Waals surface area contributed by atoms with E-state index in [9.17, 15) is 4.79 Å². The Labute approximate surface area is 239 Å². The largest absolute Gasteiger partial charge is 0.375 e. The topological polar surface area (TPSA) is 69.7 Å². The number of amides is 1. The highest BCUT2D eigenvalue weighted by Crippen LogP contribution is 2.45. The zero-order valence-electron chi connectivity index (χ0n) is 22.7. The van der Waals surface area contributed by atoms with Gasteiger partial charge in [0.15, 0.2) is 5.11 Å². The van der Waals surface area contributed by atoms with Crippen molar-refractivity contribution in [3.8, 4) is 0 Å². The highest BCUT2D eigenvalue weighted by atomic mass is 35.5. The highest BCUT2D eigenvalue weighted by molar-refractivity contribution is 7.80. The number of aromatic nitrogens is 1. The van der Waals surface area contributed by atoms with Gasteiger partial charge in [0.2, 0.25) is 5.91 Å². The number of nitrogens with zero attached hydrogens (tertiary/aromatic N) is 3. The zero-order chi connectivity index (χ0) is 27.9. The van der Waals surface area contributed by atoms with Crippen molar-refractivity contribution in [2.45, 2.75) is 38.4 Å². The summed E-state index contributed by atoms with van der Waals surface area (Å²) in [6.07, 6.45) is 4.10. The summed E-state index contributed by atoms with van der Waals surface area (Å²) in [7, 11) is 3.60. The van der Waals surface area contributed by atoms with Gasteiger partial charge < -0.3 is 25.2 Å². The van der Waals surface area contributed by atoms with E-state index in [1.54, 1.807) is 12.3 Å². The number of halogens is 1. The molecule has 3 aromatic rings. The fourth-order valence-electron chi connectivity index (χ4n) is 5.41. The van der Waals surface area contributed by atoms with Crippen LogP contribution in [0.1, 0.15) is 49.7 Å². The Balaban J connectivity index is 1.59. The monoisotopic (exact) mass is 561 g/mol. The van der Waals surface area contributed by atoms with Crippen molar-refractivity contribution in [1.82, 2.24) is 10.3 Å². The first-order chi connectivity index (χ1) is 18.6. The van der Waals surface area contributed by atoms with E-state index in [4.69, 9.17) is 28.6 Å². The van der Waals surface area contributed by atoms with Gasteiger partial charge in [-0.3, -0.25) is 9.78 Å². The van der Waals surface area contributed by atoms with Gasteiger partial charge in [-0.05, 0) is 86.6 Å². The minimum absolute atomic E-state index is 0.0510. The smallest absolute Gasteiger partial charge is 0.250 e. The second-order valence-corrected chi connectivity index (χ2v) is 11.3. The first-order valence-corrected chi connectivity index (χ1v) is 13.6. The van der Waals surface area contributed by atoms with E-state index < -0.39 is 0 Å². The quantitative estimate of drug-likeness (QED) is 0.351. The number of hydrogen-bond acceptors (Lipinski definition) is 5. The van der Waals surface area contributed by atoms with Crippen LogP contribution in [0.3, 0.4) is 0 Å². The molecule has 202 valence electrons. The van der Waals surface area contributed by atoms with Crippen molar-refractivity contribution in [1.29, 1.82) is 0 Å². The Morgan fingerprint density at radius 3 is 2.69 bits per heavy atom. The number of methoxy groups -OCH3 is 1. The van der Waals surface area contributed by atoms with Gasteiger partial charge in [0.25, 0.3) is 0 Å². The van der Waals surface area contributed by atoms with E-state index in [0.717, 1.165) is 16.9 Å². The molecule has 39 heavy (non-hydrogen) atoms. The number of thiocarbonyl (C=S) groups is 1. The van der Waals surface area contributed by atoms with Crippen molar-refractivity contribution < 1.29 is 9.53 Å². The standard InChI is InChI=1S/C30H32ClN5O2S/c1-18-16-30(2,3)35(4)25-12-9-19(14-21(18)25)28-27(24-8-6-7-13-32-24)34-29(39)36(28)20-10-11-23(22(31)15-20)33-26(37)17-38-5/h6-16,27-28H,17H2,1-5H3,(H,33,37)(H,34,39). The van der Waals surface area contributed by atoms with Gasteiger partial charge in [-0.2, -0.15) is 0 Å². The number of nitrogens with one attached hydrogen (secondary N) is 2. The summed E-state index contributed by atoms with van der Waals surface area (Å²) in [5, 5.41) is 7.27. The number of benzene rings is 2. The Kier molecular flexibility index (Phi) is 7.37. The van der Waals surface area contributed by atoms with E-state index in [1.807, 2.05) is 30.3 Å². The average molecular weight is 562 g/mol. The van der Waals surface area contributed by atoms with E-state index in [0.29, 0.717) is 15.8 Å². The lowest BCUT2D eigenvalue weighted by Gasteiger charge is -2.41. The van der Waals surface area contributed by atoms with Crippen LogP contribution in [0.4, 0.5) is 17.1 Å². The van der Waals surface area contributed by atoms with Gasteiger partial charge in [0.1, 0.15) is 6.61 Å². The molecule has 9 heteroatoms. The molecule has 0 aliphatic carbocycles. The van der Waals surface area contributed by atoms with E-state index in [-0.39, 0.29) is 30.1 Å². The predicted molar refractivity (Wildman–Crippen MR) is 162 cm³/mol. The number of hydrogen-bond donors (Lipinski definition) is 2. The van der Waals surface area contributed by atoms with Gasteiger partial charge in [-0.25, -0.2) is 0 Å². The van der Waals surface area contributed by atoms with Crippen molar-refractivity contribution >= 4 is 57.5 Å². The Hall–Kier alpha value is -3.46. The summed E-state index contributed by atoms with van der Waals surface area (Å²) in [5.74, 6) is -0.274. The van der Waals surface area contributed by atoms with Gasteiger partial charge in [-0.15, -0.1) is 0 Å². The molecule has 0 spiro atoms. The molecule has 0 bridgehead atoms. The molecular formula is C30H32ClN5O2S. The van der Waals surface area contributed by atoms with Crippen LogP contribution in [0.25, 0.3) is 5.57 Å². The van der Waals surface area contributed by atoms with Crippen LogP contribution in [0.2, 0.25) is 5.02 Å². The molecule has 0 radical (unpaired) electrons. The van der Waals surface area contributed by atoms with Crippen LogP contribution < -0.4 is 20.4 Å². The molecule has 1 amide bonds. The second kappa shape index (κ2) is 10.6. The van der Waals surface area contributed by atoms with Crippen LogP contribution in [0.15, 0.2) is 66.9 Å². The summed E-state index contributed by atoms with van der Waals surface area (Å²) >= 11 is 12.5.